The van der Waals surface area contributed by atoms with Gasteiger partial charge in [0.2, 0.25) is 0 Å². The van der Waals surface area contributed by atoms with Gasteiger partial charge in [0, 0.05) is 25.2 Å². The normalized spacial score (nSPS) is 10.9. The van der Waals surface area contributed by atoms with Crippen molar-refractivity contribution in [3.8, 4) is 0 Å². The van der Waals surface area contributed by atoms with Crippen LogP contribution >= 0.6 is 11.6 Å². The Kier molecular flexibility index (Phi) is 4.05. The molecule has 0 saturated heterocycles. The Morgan fingerprint density at radius 3 is 2.55 bits per heavy atom. The second kappa shape index (κ2) is 5.75. The van der Waals surface area contributed by atoms with Crippen molar-refractivity contribution in [1.29, 1.82) is 0 Å². The summed E-state index contributed by atoms with van der Waals surface area (Å²) in [6, 6.07) is 8.44. The van der Waals surface area contributed by atoms with Gasteiger partial charge in [0.25, 0.3) is 5.56 Å². The first-order valence-corrected chi connectivity index (χ1v) is 6.19. The van der Waals surface area contributed by atoms with Crippen molar-refractivity contribution >= 4 is 23.6 Å². The van der Waals surface area contributed by atoms with Gasteiger partial charge in [-0.2, -0.15) is 5.10 Å². The zero-order valence-corrected chi connectivity index (χ0v) is 11.8. The zero-order valence-electron chi connectivity index (χ0n) is 11.0. The van der Waals surface area contributed by atoms with Crippen LogP contribution in [0.2, 0.25) is 5.02 Å². The van der Waals surface area contributed by atoms with Crippen LogP contribution in [0.1, 0.15) is 5.56 Å². The highest BCUT2D eigenvalue weighted by molar-refractivity contribution is 6.30. The third-order valence-electron chi connectivity index (χ3n) is 2.73. The number of hydrogen-bond acceptors (Lipinski definition) is 4. The number of nitrogens with one attached hydrogen (secondary N) is 1. The van der Waals surface area contributed by atoms with E-state index < -0.39 is 11.2 Å². The number of anilines is 1. The highest BCUT2D eigenvalue weighted by Crippen LogP contribution is 2.08. The van der Waals surface area contributed by atoms with Gasteiger partial charge in [-0.05, 0) is 17.7 Å². The Bertz CT molecular complexity index is 715. The molecule has 0 unspecified atom stereocenters. The van der Waals surface area contributed by atoms with E-state index >= 15 is 0 Å². The Morgan fingerprint density at radius 2 is 1.95 bits per heavy atom. The molecule has 0 fully saturated rings. The van der Waals surface area contributed by atoms with Crippen molar-refractivity contribution in [2.75, 3.05) is 12.1 Å². The molecular weight excluding hydrogens is 280 g/mol. The minimum Gasteiger partial charge on any atom is -0.292 e. The molecule has 0 spiro atoms. The highest BCUT2D eigenvalue weighted by Gasteiger charge is 2.03. The average molecular weight is 293 g/mol. The maximum Gasteiger partial charge on any atom is 0.329 e. The fourth-order valence-electron chi connectivity index (χ4n) is 1.48. The predicted molar refractivity (Wildman–Crippen MR) is 79.8 cm³/mol. The first kappa shape index (κ1) is 14.1. The van der Waals surface area contributed by atoms with Gasteiger partial charge in [-0.3, -0.25) is 19.4 Å². The summed E-state index contributed by atoms with van der Waals surface area (Å²) in [7, 11) is 3.04. The molecule has 20 heavy (non-hydrogen) atoms. The van der Waals surface area contributed by atoms with Crippen LogP contribution in [0.3, 0.4) is 0 Å². The van der Waals surface area contributed by atoms with Crippen LogP contribution in [-0.2, 0) is 7.05 Å². The number of hydrazone groups is 1. The summed E-state index contributed by atoms with van der Waals surface area (Å²) < 4.78 is 0.986. The van der Waals surface area contributed by atoms with Crippen molar-refractivity contribution in [2.24, 2.45) is 12.1 Å². The molecular formula is C13H13ClN4O2. The molecule has 0 saturated carbocycles. The zero-order chi connectivity index (χ0) is 14.7. The molecule has 0 atom stereocenters. The van der Waals surface area contributed by atoms with Crippen LogP contribution in [-0.4, -0.2) is 22.8 Å². The molecule has 0 aliphatic rings. The number of aromatic nitrogens is 2. The van der Waals surface area contributed by atoms with E-state index in [2.05, 4.69) is 10.1 Å². The smallest absolute Gasteiger partial charge is 0.292 e. The lowest BCUT2D eigenvalue weighted by Crippen LogP contribution is -2.33. The summed E-state index contributed by atoms with van der Waals surface area (Å²) in [5.74, 6) is 0.323. The summed E-state index contributed by atoms with van der Waals surface area (Å²) >= 11 is 5.79. The van der Waals surface area contributed by atoms with Gasteiger partial charge in [-0.15, -0.1) is 0 Å². The van der Waals surface area contributed by atoms with E-state index in [-0.39, 0.29) is 0 Å². The number of nitrogens with zero attached hydrogens (tertiary/aromatic N) is 3. The van der Waals surface area contributed by atoms with Crippen molar-refractivity contribution in [3.05, 3.63) is 61.8 Å². The molecule has 0 radical (unpaired) electrons. The van der Waals surface area contributed by atoms with Crippen LogP contribution in [0.4, 0.5) is 5.82 Å². The molecule has 0 bridgehead atoms. The van der Waals surface area contributed by atoms with E-state index in [4.69, 9.17) is 11.6 Å². The molecule has 0 aliphatic carbocycles. The molecule has 1 aromatic heterocycles. The topological polar surface area (TPSA) is 70.5 Å². The van der Waals surface area contributed by atoms with Gasteiger partial charge in [0.05, 0.1) is 6.21 Å². The predicted octanol–water partition coefficient (Wildman–Crippen LogP) is 1.20. The number of H-pyrrole nitrogens is 1. The standard InChI is InChI=1S/C13H13ClN4O2/c1-17-12(19)7-11(16-13(17)20)18(2)15-8-9-3-5-10(14)6-4-9/h3-8H,1-2H3,(H,16,20). The second-order valence-electron chi connectivity index (χ2n) is 4.18. The summed E-state index contributed by atoms with van der Waals surface area (Å²) in [6.07, 6.45) is 1.60. The molecule has 104 valence electrons. The first-order valence-electron chi connectivity index (χ1n) is 5.81. The van der Waals surface area contributed by atoms with Crippen molar-refractivity contribution in [3.63, 3.8) is 0 Å². The summed E-state index contributed by atoms with van der Waals surface area (Å²) in [6.45, 7) is 0. The van der Waals surface area contributed by atoms with Crippen molar-refractivity contribution in [1.82, 2.24) is 9.55 Å². The quantitative estimate of drug-likeness (QED) is 0.682. The van der Waals surface area contributed by atoms with Gasteiger partial charge in [-0.25, -0.2) is 4.79 Å². The van der Waals surface area contributed by atoms with E-state index in [1.807, 2.05) is 12.1 Å². The van der Waals surface area contributed by atoms with Gasteiger partial charge in [-0.1, -0.05) is 23.7 Å². The first-order chi connectivity index (χ1) is 9.47. The Hall–Kier alpha value is -2.34. The number of rotatable bonds is 3. The maximum absolute atomic E-state index is 11.5. The lowest BCUT2D eigenvalue weighted by Gasteiger charge is -2.12. The number of halogens is 1. The summed E-state index contributed by atoms with van der Waals surface area (Å²) in [5, 5.41) is 6.21. The second-order valence-corrected chi connectivity index (χ2v) is 4.61. The van der Waals surface area contributed by atoms with Crippen molar-refractivity contribution in [2.45, 2.75) is 0 Å². The summed E-state index contributed by atoms with van der Waals surface area (Å²) in [4.78, 5) is 25.6. The average Bonchev–Trinajstić information content (AvgIpc) is 2.43. The Labute approximate surface area is 119 Å². The molecule has 7 heteroatoms. The minimum absolute atomic E-state index is 0.323. The minimum atomic E-state index is -0.485. The Morgan fingerprint density at radius 1 is 1.30 bits per heavy atom. The number of benzene rings is 1. The Balaban J connectivity index is 2.24. The number of aromatic amines is 1. The molecule has 1 N–H and O–H groups in total. The monoisotopic (exact) mass is 292 g/mol. The third kappa shape index (κ3) is 3.16. The number of hydrogen-bond donors (Lipinski definition) is 1. The van der Waals surface area contributed by atoms with Crippen LogP contribution < -0.4 is 16.3 Å². The van der Waals surface area contributed by atoms with Crippen molar-refractivity contribution < 1.29 is 0 Å². The van der Waals surface area contributed by atoms with E-state index in [9.17, 15) is 9.59 Å². The molecule has 0 aliphatic heterocycles. The van der Waals surface area contributed by atoms with Gasteiger partial charge >= 0.3 is 5.69 Å². The molecule has 1 aromatic carbocycles. The fraction of sp³-hybridized carbons (Fsp3) is 0.154. The molecule has 2 aromatic rings. The lowest BCUT2D eigenvalue weighted by atomic mass is 10.2. The fourth-order valence-corrected chi connectivity index (χ4v) is 1.61. The van der Waals surface area contributed by atoms with E-state index in [1.54, 1.807) is 25.4 Å². The van der Waals surface area contributed by atoms with E-state index in [1.165, 1.54) is 18.1 Å². The van der Waals surface area contributed by atoms with Crippen LogP contribution in [0.5, 0.6) is 0 Å². The largest absolute Gasteiger partial charge is 0.329 e. The molecule has 0 amide bonds. The SMILES string of the molecule is CN(N=Cc1ccc(Cl)cc1)c1cc(=O)n(C)c(=O)[nH]1. The third-order valence-corrected chi connectivity index (χ3v) is 2.98. The van der Waals surface area contributed by atoms with Crippen LogP contribution in [0.25, 0.3) is 0 Å². The van der Waals surface area contributed by atoms with E-state index in [0.29, 0.717) is 10.8 Å². The van der Waals surface area contributed by atoms with Gasteiger partial charge in [0.15, 0.2) is 0 Å². The molecule has 1 heterocycles. The molecule has 2 rings (SSSR count). The molecule has 6 nitrogen and oxygen atoms in total. The van der Waals surface area contributed by atoms with E-state index in [0.717, 1.165) is 10.1 Å². The lowest BCUT2D eigenvalue weighted by molar-refractivity contribution is 0.766. The van der Waals surface area contributed by atoms with Crippen LogP contribution in [0.15, 0.2) is 45.0 Å². The maximum atomic E-state index is 11.5. The van der Waals surface area contributed by atoms with Gasteiger partial charge < -0.3 is 0 Å². The summed E-state index contributed by atoms with van der Waals surface area (Å²) in [5.41, 5.74) is -0.0224. The van der Waals surface area contributed by atoms with Gasteiger partial charge in [0.1, 0.15) is 5.82 Å². The highest BCUT2D eigenvalue weighted by atomic mass is 35.5. The van der Waals surface area contributed by atoms with Crippen LogP contribution in [0, 0.1) is 0 Å².